The lowest BCUT2D eigenvalue weighted by molar-refractivity contribution is 0.142. The van der Waals surface area contributed by atoms with Gasteiger partial charge in [-0.1, -0.05) is 17.7 Å². The van der Waals surface area contributed by atoms with Crippen LogP contribution in [0.4, 0.5) is 5.69 Å². The van der Waals surface area contributed by atoms with Crippen LogP contribution in [0.5, 0.6) is 0 Å². The molecule has 1 aromatic rings. The molecule has 0 radical (unpaired) electrons. The molecule has 0 atom stereocenters. The van der Waals surface area contributed by atoms with Crippen molar-refractivity contribution in [3.8, 4) is 0 Å². The molecule has 0 spiro atoms. The zero-order valence-electron chi connectivity index (χ0n) is 12.0. The summed E-state index contributed by atoms with van der Waals surface area (Å²) >= 11 is 6.08. The Labute approximate surface area is 126 Å². The Morgan fingerprint density at radius 2 is 1.70 bits per heavy atom. The smallest absolute Gasteiger partial charge is 0.0426 e. The minimum absolute atomic E-state index is 0.444. The third-order valence-corrected chi connectivity index (χ3v) is 4.98. The third-order valence-electron chi connectivity index (χ3n) is 4.75. The maximum absolute atomic E-state index is 6.08. The van der Waals surface area contributed by atoms with Crippen molar-refractivity contribution in [1.82, 2.24) is 4.90 Å². The highest BCUT2D eigenvalue weighted by atomic mass is 35.5. The number of halogens is 1. The van der Waals surface area contributed by atoms with Gasteiger partial charge >= 0.3 is 0 Å². The van der Waals surface area contributed by atoms with Gasteiger partial charge in [-0.2, -0.15) is 0 Å². The second-order valence-corrected chi connectivity index (χ2v) is 6.51. The summed E-state index contributed by atoms with van der Waals surface area (Å²) in [6, 6.07) is 9.40. The lowest BCUT2D eigenvalue weighted by atomic mass is 9.90. The Morgan fingerprint density at radius 3 is 2.35 bits per heavy atom. The highest BCUT2D eigenvalue weighted by Gasteiger charge is 2.27. The molecule has 1 aliphatic carbocycles. The van der Waals surface area contributed by atoms with E-state index in [1.54, 1.807) is 0 Å². The number of piperazine rings is 1. The van der Waals surface area contributed by atoms with Crippen molar-refractivity contribution in [2.45, 2.75) is 37.8 Å². The Hall–Kier alpha value is -0.770. The normalized spacial score (nSPS) is 28.6. The summed E-state index contributed by atoms with van der Waals surface area (Å²) in [5, 5.41) is 0.825. The summed E-state index contributed by atoms with van der Waals surface area (Å²) < 4.78 is 0. The van der Waals surface area contributed by atoms with E-state index in [-0.39, 0.29) is 0 Å². The SMILES string of the molecule is NC1CCC(N2CCN(c3cccc(Cl)c3)CC2)CC1. The van der Waals surface area contributed by atoms with Crippen molar-refractivity contribution >= 4 is 17.3 Å². The molecule has 0 amide bonds. The molecule has 1 saturated carbocycles. The molecule has 1 saturated heterocycles. The third kappa shape index (κ3) is 3.27. The monoisotopic (exact) mass is 293 g/mol. The Kier molecular flexibility index (Phi) is 4.49. The molecule has 1 heterocycles. The van der Waals surface area contributed by atoms with Crippen LogP contribution in [0.25, 0.3) is 0 Å². The van der Waals surface area contributed by atoms with E-state index in [1.807, 2.05) is 12.1 Å². The predicted octanol–water partition coefficient (Wildman–Crippen LogP) is 2.73. The molecule has 3 rings (SSSR count). The highest BCUT2D eigenvalue weighted by molar-refractivity contribution is 6.30. The quantitative estimate of drug-likeness (QED) is 0.910. The van der Waals surface area contributed by atoms with Crippen LogP contribution >= 0.6 is 11.6 Å². The Balaban J connectivity index is 1.54. The molecule has 4 heteroatoms. The molecule has 1 aliphatic heterocycles. The summed E-state index contributed by atoms with van der Waals surface area (Å²) in [4.78, 5) is 5.10. The lowest BCUT2D eigenvalue weighted by Crippen LogP contribution is -2.51. The van der Waals surface area contributed by atoms with E-state index >= 15 is 0 Å². The molecule has 2 N–H and O–H groups in total. The van der Waals surface area contributed by atoms with Crippen molar-refractivity contribution in [2.24, 2.45) is 5.73 Å². The van der Waals surface area contributed by atoms with Crippen LogP contribution in [0.1, 0.15) is 25.7 Å². The van der Waals surface area contributed by atoms with Crippen LogP contribution in [-0.2, 0) is 0 Å². The molecule has 2 aliphatic rings. The van der Waals surface area contributed by atoms with E-state index in [4.69, 9.17) is 17.3 Å². The molecular formula is C16H24ClN3. The van der Waals surface area contributed by atoms with Gasteiger partial charge in [0, 0.05) is 49.0 Å². The van der Waals surface area contributed by atoms with E-state index < -0.39 is 0 Å². The molecule has 2 fully saturated rings. The summed E-state index contributed by atoms with van der Waals surface area (Å²) in [6.45, 7) is 4.52. The fourth-order valence-corrected chi connectivity index (χ4v) is 3.67. The minimum Gasteiger partial charge on any atom is -0.369 e. The van der Waals surface area contributed by atoms with Crippen molar-refractivity contribution in [3.63, 3.8) is 0 Å². The Morgan fingerprint density at radius 1 is 1.00 bits per heavy atom. The van der Waals surface area contributed by atoms with Crippen LogP contribution in [0, 0.1) is 0 Å². The second-order valence-electron chi connectivity index (χ2n) is 6.07. The number of nitrogens with two attached hydrogens (primary N) is 1. The fraction of sp³-hybridized carbons (Fsp3) is 0.625. The van der Waals surface area contributed by atoms with Gasteiger partial charge in [-0.25, -0.2) is 0 Å². The van der Waals surface area contributed by atoms with E-state index in [9.17, 15) is 0 Å². The number of hydrogen-bond acceptors (Lipinski definition) is 3. The maximum atomic E-state index is 6.08. The standard InChI is InChI=1S/C16H24ClN3/c17-13-2-1-3-16(12-13)20-10-8-19(9-11-20)15-6-4-14(18)5-7-15/h1-3,12,14-15H,4-11,18H2. The number of nitrogens with zero attached hydrogens (tertiary/aromatic N) is 2. The number of anilines is 1. The van der Waals surface area contributed by atoms with Gasteiger partial charge in [0.1, 0.15) is 0 Å². The zero-order valence-corrected chi connectivity index (χ0v) is 12.7. The summed E-state index contributed by atoms with van der Waals surface area (Å²) in [7, 11) is 0. The largest absolute Gasteiger partial charge is 0.369 e. The average molecular weight is 294 g/mol. The van der Waals surface area contributed by atoms with Crippen LogP contribution < -0.4 is 10.6 Å². The topological polar surface area (TPSA) is 32.5 Å². The number of hydrogen-bond donors (Lipinski definition) is 1. The van der Waals surface area contributed by atoms with Crippen molar-refractivity contribution < 1.29 is 0 Å². The minimum atomic E-state index is 0.444. The predicted molar refractivity (Wildman–Crippen MR) is 85.5 cm³/mol. The summed E-state index contributed by atoms with van der Waals surface area (Å²) in [5.74, 6) is 0. The molecule has 1 aromatic carbocycles. The van der Waals surface area contributed by atoms with Gasteiger partial charge in [0.15, 0.2) is 0 Å². The van der Waals surface area contributed by atoms with Gasteiger partial charge in [0.2, 0.25) is 0 Å². The van der Waals surface area contributed by atoms with E-state index in [0.717, 1.165) is 37.2 Å². The molecule has 0 bridgehead atoms. The van der Waals surface area contributed by atoms with Gasteiger partial charge in [-0.15, -0.1) is 0 Å². The first kappa shape index (κ1) is 14.2. The van der Waals surface area contributed by atoms with Gasteiger partial charge in [0.25, 0.3) is 0 Å². The highest BCUT2D eigenvalue weighted by Crippen LogP contribution is 2.25. The number of benzene rings is 1. The van der Waals surface area contributed by atoms with Crippen molar-refractivity contribution in [3.05, 3.63) is 29.3 Å². The van der Waals surface area contributed by atoms with Gasteiger partial charge in [-0.3, -0.25) is 4.90 Å². The molecular weight excluding hydrogens is 270 g/mol. The molecule has 20 heavy (non-hydrogen) atoms. The first-order chi connectivity index (χ1) is 9.72. The molecule has 0 unspecified atom stereocenters. The first-order valence-electron chi connectivity index (χ1n) is 7.72. The molecule has 110 valence electrons. The fourth-order valence-electron chi connectivity index (χ4n) is 3.48. The first-order valence-corrected chi connectivity index (χ1v) is 8.10. The maximum Gasteiger partial charge on any atom is 0.0426 e. The average Bonchev–Trinajstić information content (AvgIpc) is 2.48. The van der Waals surface area contributed by atoms with Crippen molar-refractivity contribution in [2.75, 3.05) is 31.1 Å². The van der Waals surface area contributed by atoms with E-state index in [2.05, 4.69) is 21.9 Å². The van der Waals surface area contributed by atoms with Gasteiger partial charge in [0.05, 0.1) is 0 Å². The Bertz CT molecular complexity index is 435. The summed E-state index contributed by atoms with van der Waals surface area (Å²) in [6.07, 6.45) is 4.94. The van der Waals surface area contributed by atoms with E-state index in [1.165, 1.54) is 31.4 Å². The second kappa shape index (κ2) is 6.33. The van der Waals surface area contributed by atoms with Crippen LogP contribution in [0.2, 0.25) is 5.02 Å². The van der Waals surface area contributed by atoms with Crippen LogP contribution in [0.15, 0.2) is 24.3 Å². The van der Waals surface area contributed by atoms with Crippen LogP contribution in [-0.4, -0.2) is 43.2 Å². The van der Waals surface area contributed by atoms with Crippen molar-refractivity contribution in [1.29, 1.82) is 0 Å². The zero-order chi connectivity index (χ0) is 13.9. The molecule has 0 aromatic heterocycles. The molecule has 3 nitrogen and oxygen atoms in total. The summed E-state index contributed by atoms with van der Waals surface area (Å²) in [5.41, 5.74) is 7.25. The number of rotatable bonds is 2. The van der Waals surface area contributed by atoms with Gasteiger partial charge in [-0.05, 0) is 43.9 Å². The lowest BCUT2D eigenvalue weighted by Gasteiger charge is -2.42. The van der Waals surface area contributed by atoms with Gasteiger partial charge < -0.3 is 10.6 Å². The van der Waals surface area contributed by atoms with E-state index in [0.29, 0.717) is 6.04 Å². The van der Waals surface area contributed by atoms with Crippen LogP contribution in [0.3, 0.4) is 0 Å².